The van der Waals surface area contributed by atoms with E-state index in [0.29, 0.717) is 29.2 Å². The van der Waals surface area contributed by atoms with Crippen molar-refractivity contribution in [3.63, 3.8) is 0 Å². The second-order valence-corrected chi connectivity index (χ2v) is 5.17. The number of carbonyl (C=O) groups is 1. The van der Waals surface area contributed by atoms with Gasteiger partial charge in [-0.15, -0.1) is 5.10 Å². The highest BCUT2D eigenvalue weighted by Crippen LogP contribution is 2.29. The van der Waals surface area contributed by atoms with E-state index in [9.17, 15) is 4.79 Å². The summed E-state index contributed by atoms with van der Waals surface area (Å²) in [6.45, 7) is 4.17. The fourth-order valence-electron chi connectivity index (χ4n) is 2.05. The Morgan fingerprint density at radius 3 is 2.64 bits per heavy atom. The Bertz CT molecular complexity index is 812. The van der Waals surface area contributed by atoms with E-state index in [2.05, 4.69) is 10.2 Å². The summed E-state index contributed by atoms with van der Waals surface area (Å²) >= 11 is 0. The van der Waals surface area contributed by atoms with Crippen LogP contribution in [0.25, 0.3) is 0 Å². The van der Waals surface area contributed by atoms with Crippen LogP contribution in [0, 0.1) is 6.92 Å². The summed E-state index contributed by atoms with van der Waals surface area (Å²) < 4.78 is 11.0. The summed E-state index contributed by atoms with van der Waals surface area (Å²) in [7, 11) is 0. The van der Waals surface area contributed by atoms with Gasteiger partial charge in [0, 0.05) is 0 Å². The number of benzene rings is 2. The predicted molar refractivity (Wildman–Crippen MR) is 97.2 cm³/mol. The molecule has 0 spiro atoms. The molecule has 25 heavy (non-hydrogen) atoms. The van der Waals surface area contributed by atoms with Crippen LogP contribution in [-0.2, 0) is 0 Å². The van der Waals surface area contributed by atoms with Crippen molar-refractivity contribution in [1.82, 2.24) is 0 Å². The van der Waals surface area contributed by atoms with E-state index in [0.717, 1.165) is 5.56 Å². The van der Waals surface area contributed by atoms with Crippen LogP contribution in [0.1, 0.15) is 28.4 Å². The summed E-state index contributed by atoms with van der Waals surface area (Å²) in [6, 6.07) is 12.2. The van der Waals surface area contributed by atoms with Crippen molar-refractivity contribution in [2.24, 2.45) is 21.7 Å². The van der Waals surface area contributed by atoms with Crippen LogP contribution in [0.3, 0.4) is 0 Å². The van der Waals surface area contributed by atoms with Crippen LogP contribution in [0.2, 0.25) is 0 Å². The summed E-state index contributed by atoms with van der Waals surface area (Å²) in [6.07, 6.45) is 1.47. The molecular formula is C18H20N4O3. The lowest BCUT2D eigenvalue weighted by molar-refractivity contribution is 0.0728. The average molecular weight is 340 g/mol. The number of nitrogens with two attached hydrogens (primary N) is 2. The van der Waals surface area contributed by atoms with Gasteiger partial charge in [-0.3, -0.25) is 0 Å². The molecule has 0 aromatic heterocycles. The van der Waals surface area contributed by atoms with Crippen LogP contribution in [0.5, 0.6) is 11.5 Å². The molecule has 7 heteroatoms. The molecule has 2 rings (SSSR count). The third-order valence-corrected chi connectivity index (χ3v) is 3.10. The lowest BCUT2D eigenvalue weighted by Gasteiger charge is -2.11. The van der Waals surface area contributed by atoms with Crippen molar-refractivity contribution in [1.29, 1.82) is 0 Å². The van der Waals surface area contributed by atoms with Gasteiger partial charge in [0.2, 0.25) is 5.96 Å². The van der Waals surface area contributed by atoms with Crippen molar-refractivity contribution in [2.75, 3.05) is 6.61 Å². The van der Waals surface area contributed by atoms with E-state index in [1.54, 1.807) is 36.4 Å². The average Bonchev–Trinajstić information content (AvgIpc) is 2.57. The van der Waals surface area contributed by atoms with Crippen LogP contribution >= 0.6 is 0 Å². The van der Waals surface area contributed by atoms with E-state index in [-0.39, 0.29) is 5.96 Å². The minimum Gasteiger partial charge on any atom is -0.490 e. The van der Waals surface area contributed by atoms with Crippen LogP contribution in [0.15, 0.2) is 52.7 Å². The van der Waals surface area contributed by atoms with Crippen LogP contribution in [-0.4, -0.2) is 24.8 Å². The number of aryl methyl sites for hydroxylation is 1. The molecule has 0 bridgehead atoms. The first-order chi connectivity index (χ1) is 12.0. The first-order valence-corrected chi connectivity index (χ1v) is 7.67. The van der Waals surface area contributed by atoms with Gasteiger partial charge in [-0.05, 0) is 49.7 Å². The first-order valence-electron chi connectivity index (χ1n) is 7.67. The maximum atomic E-state index is 12.3. The third-order valence-electron chi connectivity index (χ3n) is 3.10. The molecule has 0 saturated heterocycles. The standard InChI is InChI=1S/C18H20N4O3/c1-3-24-16-10-13(11-21-22-18(19)20)7-8-15(16)25-17(23)14-6-4-5-12(2)9-14/h4-11H,3H2,1-2H3,(H4,19,20,22). The van der Waals surface area contributed by atoms with E-state index in [1.807, 2.05) is 19.9 Å². The Morgan fingerprint density at radius 2 is 1.96 bits per heavy atom. The molecule has 0 fully saturated rings. The van der Waals surface area contributed by atoms with Crippen LogP contribution in [0.4, 0.5) is 0 Å². The Kier molecular flexibility index (Phi) is 6.11. The number of esters is 1. The molecule has 4 N–H and O–H groups in total. The van der Waals surface area contributed by atoms with E-state index >= 15 is 0 Å². The van der Waals surface area contributed by atoms with Gasteiger partial charge in [-0.1, -0.05) is 17.7 Å². The minimum absolute atomic E-state index is 0.134. The van der Waals surface area contributed by atoms with Gasteiger partial charge >= 0.3 is 5.97 Å². The van der Waals surface area contributed by atoms with E-state index in [4.69, 9.17) is 20.9 Å². The molecule has 0 unspecified atom stereocenters. The molecular weight excluding hydrogens is 320 g/mol. The van der Waals surface area contributed by atoms with Gasteiger partial charge in [0.1, 0.15) is 0 Å². The molecule has 0 saturated carbocycles. The van der Waals surface area contributed by atoms with Crippen LogP contribution < -0.4 is 20.9 Å². The topological polar surface area (TPSA) is 112 Å². The predicted octanol–water partition coefficient (Wildman–Crippen LogP) is 2.22. The van der Waals surface area contributed by atoms with Crippen molar-refractivity contribution >= 4 is 18.1 Å². The van der Waals surface area contributed by atoms with E-state index in [1.165, 1.54) is 6.21 Å². The molecule has 0 aliphatic rings. The minimum atomic E-state index is -0.452. The number of hydrogen-bond acceptors (Lipinski definition) is 5. The number of hydrogen-bond donors (Lipinski definition) is 2. The zero-order valence-corrected chi connectivity index (χ0v) is 14.1. The Balaban J connectivity index is 2.23. The quantitative estimate of drug-likeness (QED) is 0.275. The fraction of sp³-hybridized carbons (Fsp3) is 0.167. The third kappa shape index (κ3) is 5.35. The van der Waals surface area contributed by atoms with Gasteiger partial charge < -0.3 is 20.9 Å². The molecule has 0 atom stereocenters. The highest BCUT2D eigenvalue weighted by atomic mass is 16.6. The smallest absolute Gasteiger partial charge is 0.343 e. The number of rotatable bonds is 6. The molecule has 0 aliphatic heterocycles. The molecule has 0 amide bonds. The Labute approximate surface area is 146 Å². The number of nitrogens with zero attached hydrogens (tertiary/aromatic N) is 2. The Hall–Kier alpha value is -3.35. The monoisotopic (exact) mass is 340 g/mol. The first kappa shape index (κ1) is 18.0. The summed E-state index contributed by atoms with van der Waals surface area (Å²) in [5.41, 5.74) is 12.6. The highest BCUT2D eigenvalue weighted by Gasteiger charge is 2.13. The zero-order valence-electron chi connectivity index (χ0n) is 14.1. The molecule has 0 aliphatic carbocycles. The Morgan fingerprint density at radius 1 is 1.16 bits per heavy atom. The molecule has 0 heterocycles. The number of ether oxygens (including phenoxy) is 2. The largest absolute Gasteiger partial charge is 0.490 e. The second kappa shape index (κ2) is 8.49. The number of carbonyl (C=O) groups excluding carboxylic acids is 1. The summed E-state index contributed by atoms with van der Waals surface area (Å²) in [5.74, 6) is 0.168. The summed E-state index contributed by atoms with van der Waals surface area (Å²) in [5, 5.41) is 7.27. The summed E-state index contributed by atoms with van der Waals surface area (Å²) in [4.78, 5) is 12.3. The number of guanidine groups is 1. The zero-order chi connectivity index (χ0) is 18.2. The van der Waals surface area contributed by atoms with Gasteiger partial charge in [0.25, 0.3) is 0 Å². The van der Waals surface area contributed by atoms with Crippen molar-refractivity contribution in [3.8, 4) is 11.5 Å². The molecule has 2 aromatic rings. The highest BCUT2D eigenvalue weighted by molar-refractivity contribution is 5.91. The van der Waals surface area contributed by atoms with Crippen molar-refractivity contribution in [3.05, 3.63) is 59.2 Å². The maximum absolute atomic E-state index is 12.3. The lowest BCUT2D eigenvalue weighted by atomic mass is 10.1. The molecule has 2 aromatic carbocycles. The van der Waals surface area contributed by atoms with E-state index < -0.39 is 5.97 Å². The van der Waals surface area contributed by atoms with Gasteiger partial charge in [-0.25, -0.2) is 4.79 Å². The fourth-order valence-corrected chi connectivity index (χ4v) is 2.05. The SMILES string of the molecule is CCOc1cc(C=NN=C(N)N)ccc1OC(=O)c1cccc(C)c1. The second-order valence-electron chi connectivity index (χ2n) is 5.17. The van der Waals surface area contributed by atoms with Crippen molar-refractivity contribution < 1.29 is 14.3 Å². The van der Waals surface area contributed by atoms with Gasteiger partial charge in [0.15, 0.2) is 11.5 Å². The molecule has 7 nitrogen and oxygen atoms in total. The van der Waals surface area contributed by atoms with Gasteiger partial charge in [0.05, 0.1) is 18.4 Å². The molecule has 0 radical (unpaired) electrons. The van der Waals surface area contributed by atoms with Crippen molar-refractivity contribution in [2.45, 2.75) is 13.8 Å². The molecule has 130 valence electrons. The van der Waals surface area contributed by atoms with Gasteiger partial charge in [-0.2, -0.15) is 5.10 Å². The maximum Gasteiger partial charge on any atom is 0.343 e. The normalized spacial score (nSPS) is 10.5. The lowest BCUT2D eigenvalue weighted by Crippen LogP contribution is -2.21.